The Morgan fingerprint density at radius 2 is 2.10 bits per heavy atom. The van der Waals surface area contributed by atoms with E-state index in [0.29, 0.717) is 5.69 Å². The molecule has 1 aromatic carbocycles. The summed E-state index contributed by atoms with van der Waals surface area (Å²) in [5.74, 6) is -0.566. The van der Waals surface area contributed by atoms with Crippen molar-refractivity contribution in [2.45, 2.75) is 12.8 Å². The Kier molecular flexibility index (Phi) is 3.31. The van der Waals surface area contributed by atoms with Crippen LogP contribution < -0.4 is 21.9 Å². The quantitative estimate of drug-likeness (QED) is 0.651. The molecule has 0 saturated heterocycles. The SMILES string of the molecule is O=C(Nc1ccc2c(c1)NCCC2)c1c[nH]c(=O)[nH]c1=O. The third-order valence-corrected chi connectivity index (χ3v) is 3.37. The van der Waals surface area contributed by atoms with Crippen molar-refractivity contribution in [3.05, 3.63) is 56.4 Å². The fraction of sp³-hybridized carbons (Fsp3) is 0.214. The monoisotopic (exact) mass is 286 g/mol. The summed E-state index contributed by atoms with van der Waals surface area (Å²) >= 11 is 0. The van der Waals surface area contributed by atoms with Crippen LogP contribution in [0.2, 0.25) is 0 Å². The van der Waals surface area contributed by atoms with Gasteiger partial charge in [0, 0.05) is 24.1 Å². The van der Waals surface area contributed by atoms with Gasteiger partial charge in [0.25, 0.3) is 11.5 Å². The molecule has 0 aliphatic carbocycles. The van der Waals surface area contributed by atoms with E-state index in [4.69, 9.17) is 0 Å². The van der Waals surface area contributed by atoms with Crippen molar-refractivity contribution in [1.29, 1.82) is 0 Å². The molecule has 0 radical (unpaired) electrons. The summed E-state index contributed by atoms with van der Waals surface area (Å²) in [6.45, 7) is 0.907. The molecule has 2 heterocycles. The Morgan fingerprint density at radius 3 is 2.90 bits per heavy atom. The van der Waals surface area contributed by atoms with Gasteiger partial charge in [0.05, 0.1) is 0 Å². The summed E-state index contributed by atoms with van der Waals surface area (Å²) in [5.41, 5.74) is 1.30. The Hall–Kier alpha value is -2.83. The van der Waals surface area contributed by atoms with Crippen molar-refractivity contribution in [3.8, 4) is 0 Å². The number of fused-ring (bicyclic) bond motifs is 1. The fourth-order valence-electron chi connectivity index (χ4n) is 2.32. The van der Waals surface area contributed by atoms with E-state index in [0.717, 1.165) is 31.3 Å². The predicted octanol–water partition coefficient (Wildman–Crippen LogP) is 0.674. The molecule has 7 heteroatoms. The van der Waals surface area contributed by atoms with Gasteiger partial charge >= 0.3 is 5.69 Å². The third kappa shape index (κ3) is 2.71. The van der Waals surface area contributed by atoms with Crippen LogP contribution in [-0.4, -0.2) is 22.4 Å². The van der Waals surface area contributed by atoms with Gasteiger partial charge in [-0.3, -0.25) is 14.6 Å². The number of carbonyl (C=O) groups excluding carboxylic acids is 1. The van der Waals surface area contributed by atoms with Crippen LogP contribution in [-0.2, 0) is 6.42 Å². The van der Waals surface area contributed by atoms with E-state index in [1.165, 1.54) is 5.56 Å². The summed E-state index contributed by atoms with van der Waals surface area (Å²) in [4.78, 5) is 38.8. The smallest absolute Gasteiger partial charge is 0.325 e. The Bertz CT molecular complexity index is 806. The molecular weight excluding hydrogens is 272 g/mol. The van der Waals surface area contributed by atoms with E-state index in [9.17, 15) is 14.4 Å². The topological polar surface area (TPSA) is 107 Å². The molecule has 7 nitrogen and oxygen atoms in total. The molecule has 0 fully saturated rings. The van der Waals surface area contributed by atoms with Crippen LogP contribution in [0, 0.1) is 0 Å². The number of aromatic nitrogens is 2. The minimum absolute atomic E-state index is 0.139. The van der Waals surface area contributed by atoms with Crippen LogP contribution >= 0.6 is 0 Å². The predicted molar refractivity (Wildman–Crippen MR) is 78.9 cm³/mol. The first-order valence-corrected chi connectivity index (χ1v) is 6.63. The average Bonchev–Trinajstić information content (AvgIpc) is 2.47. The zero-order valence-corrected chi connectivity index (χ0v) is 11.2. The number of aryl methyl sites for hydroxylation is 1. The lowest BCUT2D eigenvalue weighted by Gasteiger charge is -2.18. The van der Waals surface area contributed by atoms with Crippen molar-refractivity contribution in [2.75, 3.05) is 17.2 Å². The standard InChI is InChI=1S/C14H14N4O3/c19-12(10-7-16-14(21)18-13(10)20)17-9-4-3-8-2-1-5-15-11(8)6-9/h3-4,6-7,15H,1-2,5H2,(H,17,19)(H2,16,18,20,21). The summed E-state index contributed by atoms with van der Waals surface area (Å²) in [5, 5.41) is 5.92. The normalized spacial score (nSPS) is 13.1. The molecule has 1 aromatic heterocycles. The van der Waals surface area contributed by atoms with Gasteiger partial charge in [-0.05, 0) is 30.5 Å². The lowest BCUT2D eigenvalue weighted by molar-refractivity contribution is 0.102. The van der Waals surface area contributed by atoms with Gasteiger partial charge in [-0.15, -0.1) is 0 Å². The number of hydrogen-bond acceptors (Lipinski definition) is 4. The number of amides is 1. The van der Waals surface area contributed by atoms with E-state index in [1.54, 1.807) is 6.07 Å². The van der Waals surface area contributed by atoms with Gasteiger partial charge in [-0.25, -0.2) is 4.79 Å². The van der Waals surface area contributed by atoms with Crippen molar-refractivity contribution >= 4 is 17.3 Å². The fourth-order valence-corrected chi connectivity index (χ4v) is 2.32. The number of nitrogens with one attached hydrogen (secondary N) is 4. The van der Waals surface area contributed by atoms with Crippen LogP contribution in [0.15, 0.2) is 34.0 Å². The Morgan fingerprint density at radius 1 is 1.24 bits per heavy atom. The highest BCUT2D eigenvalue weighted by Gasteiger charge is 2.13. The first kappa shape index (κ1) is 13.2. The highest BCUT2D eigenvalue weighted by molar-refractivity contribution is 6.04. The number of carbonyl (C=O) groups is 1. The van der Waals surface area contributed by atoms with E-state index < -0.39 is 17.2 Å². The molecule has 0 saturated carbocycles. The van der Waals surface area contributed by atoms with Crippen LogP contribution in [0.4, 0.5) is 11.4 Å². The maximum absolute atomic E-state index is 12.0. The molecule has 0 spiro atoms. The van der Waals surface area contributed by atoms with Crippen LogP contribution in [0.25, 0.3) is 0 Å². The third-order valence-electron chi connectivity index (χ3n) is 3.37. The number of benzene rings is 1. The van der Waals surface area contributed by atoms with E-state index >= 15 is 0 Å². The maximum atomic E-state index is 12.0. The van der Waals surface area contributed by atoms with Crippen LogP contribution in [0.1, 0.15) is 22.3 Å². The first-order chi connectivity index (χ1) is 10.1. The number of rotatable bonds is 2. The average molecular weight is 286 g/mol. The van der Waals surface area contributed by atoms with E-state index in [-0.39, 0.29) is 5.56 Å². The van der Waals surface area contributed by atoms with E-state index in [2.05, 4.69) is 15.6 Å². The lowest BCUT2D eigenvalue weighted by atomic mass is 10.0. The number of aromatic amines is 2. The summed E-state index contributed by atoms with van der Waals surface area (Å²) in [6.07, 6.45) is 3.20. The summed E-state index contributed by atoms with van der Waals surface area (Å²) in [7, 11) is 0. The minimum Gasteiger partial charge on any atom is -0.385 e. The highest BCUT2D eigenvalue weighted by Crippen LogP contribution is 2.25. The van der Waals surface area contributed by atoms with Crippen molar-refractivity contribution < 1.29 is 4.79 Å². The Labute approximate surface area is 119 Å². The molecule has 1 amide bonds. The number of anilines is 2. The molecule has 1 aliphatic rings. The first-order valence-electron chi connectivity index (χ1n) is 6.63. The molecule has 1 aliphatic heterocycles. The van der Waals surface area contributed by atoms with Crippen molar-refractivity contribution in [1.82, 2.24) is 9.97 Å². The summed E-state index contributed by atoms with van der Waals surface area (Å²) in [6, 6.07) is 5.59. The molecule has 2 aromatic rings. The molecule has 0 bridgehead atoms. The van der Waals surface area contributed by atoms with E-state index in [1.807, 2.05) is 17.1 Å². The molecule has 108 valence electrons. The zero-order valence-electron chi connectivity index (χ0n) is 11.2. The van der Waals surface area contributed by atoms with Crippen molar-refractivity contribution in [3.63, 3.8) is 0 Å². The number of H-pyrrole nitrogens is 2. The minimum atomic E-state index is -0.715. The van der Waals surface area contributed by atoms with Crippen LogP contribution in [0.5, 0.6) is 0 Å². The van der Waals surface area contributed by atoms with Crippen LogP contribution in [0.3, 0.4) is 0 Å². The summed E-state index contributed by atoms with van der Waals surface area (Å²) < 4.78 is 0. The maximum Gasteiger partial charge on any atom is 0.325 e. The Balaban J connectivity index is 1.84. The van der Waals surface area contributed by atoms with Crippen molar-refractivity contribution in [2.24, 2.45) is 0 Å². The second-order valence-electron chi connectivity index (χ2n) is 4.84. The van der Waals surface area contributed by atoms with Gasteiger partial charge < -0.3 is 15.6 Å². The van der Waals surface area contributed by atoms with Gasteiger partial charge in [0.1, 0.15) is 5.56 Å². The highest BCUT2D eigenvalue weighted by atomic mass is 16.2. The molecule has 4 N–H and O–H groups in total. The molecule has 3 rings (SSSR count). The largest absolute Gasteiger partial charge is 0.385 e. The van der Waals surface area contributed by atoms with Gasteiger partial charge in [0.15, 0.2) is 0 Å². The van der Waals surface area contributed by atoms with Gasteiger partial charge in [0.2, 0.25) is 0 Å². The lowest BCUT2D eigenvalue weighted by Crippen LogP contribution is -2.29. The second-order valence-corrected chi connectivity index (χ2v) is 4.84. The van der Waals surface area contributed by atoms with Gasteiger partial charge in [-0.2, -0.15) is 0 Å². The number of hydrogen-bond donors (Lipinski definition) is 4. The molecule has 21 heavy (non-hydrogen) atoms. The zero-order chi connectivity index (χ0) is 14.8. The molecular formula is C14H14N4O3. The molecule has 0 atom stereocenters. The van der Waals surface area contributed by atoms with Gasteiger partial charge in [-0.1, -0.05) is 6.07 Å². The second kappa shape index (κ2) is 5.28. The molecule has 0 unspecified atom stereocenters.